The van der Waals surface area contributed by atoms with Gasteiger partial charge in [0, 0.05) is 12.2 Å². The maximum absolute atomic E-state index is 11.0. The molecule has 98 valence electrons. The first-order valence-electron chi connectivity index (χ1n) is 4.24. The summed E-state index contributed by atoms with van der Waals surface area (Å²) in [4.78, 5) is 50.9. The van der Waals surface area contributed by atoms with E-state index in [4.69, 9.17) is 5.11 Å². The summed E-state index contributed by atoms with van der Waals surface area (Å²) in [6.45, 7) is 0. The molecule has 0 amide bonds. The van der Waals surface area contributed by atoms with Gasteiger partial charge < -0.3 is 20.1 Å². The number of aliphatic hydroxyl groups excluding tert-OH is 1. The van der Waals surface area contributed by atoms with Crippen molar-refractivity contribution in [3.05, 3.63) is 12.2 Å². The summed E-state index contributed by atoms with van der Waals surface area (Å²) in [5.74, 6) is -10.4. The van der Waals surface area contributed by atoms with Crippen LogP contribution in [0.15, 0.2) is 12.2 Å². The zero-order valence-electron chi connectivity index (χ0n) is 8.43. The summed E-state index contributed by atoms with van der Waals surface area (Å²) in [6.07, 6.45) is -1.95. The largest absolute Gasteiger partial charge is 0.476 e. The van der Waals surface area contributed by atoms with Crippen molar-refractivity contribution >= 4 is 23.9 Å². The van der Waals surface area contributed by atoms with E-state index in [1.807, 2.05) is 0 Å². The fourth-order valence-corrected chi connectivity index (χ4v) is 0.855. The van der Waals surface area contributed by atoms with E-state index in [1.54, 1.807) is 0 Å². The molecule has 1 heterocycles. The van der Waals surface area contributed by atoms with Gasteiger partial charge in [-0.2, -0.15) is 0 Å². The molecule has 0 saturated carbocycles. The molecule has 18 heavy (non-hydrogen) atoms. The molecule has 3 N–H and O–H groups in total. The van der Waals surface area contributed by atoms with Gasteiger partial charge in [-0.15, -0.1) is 0 Å². The van der Waals surface area contributed by atoms with Crippen molar-refractivity contribution in [1.29, 1.82) is 0 Å². The Labute approximate surface area is 97.9 Å². The first-order chi connectivity index (χ1) is 8.27. The fraction of sp³-hybridized carbons (Fsp3) is 0.250. The van der Waals surface area contributed by atoms with Crippen molar-refractivity contribution in [3.63, 3.8) is 0 Å². The maximum Gasteiger partial charge on any atom is 0.391 e. The molecule has 0 aromatic carbocycles. The molecule has 0 spiro atoms. The van der Waals surface area contributed by atoms with E-state index in [9.17, 15) is 29.4 Å². The normalized spacial score (nSPS) is 30.8. The number of carboxylic acid groups (broad SMARTS) is 1. The van der Waals surface area contributed by atoms with Crippen LogP contribution in [0.3, 0.4) is 0 Å². The zero-order chi connectivity index (χ0) is 13.9. The summed E-state index contributed by atoms with van der Waals surface area (Å²) >= 11 is 0. The minimum atomic E-state index is -3.57. The van der Waals surface area contributed by atoms with Gasteiger partial charge in [0.1, 0.15) is 0 Å². The average molecular weight is 262 g/mol. The van der Waals surface area contributed by atoms with E-state index < -0.39 is 35.8 Å². The van der Waals surface area contributed by atoms with Crippen molar-refractivity contribution in [2.24, 2.45) is 0 Å². The van der Waals surface area contributed by atoms with Crippen molar-refractivity contribution in [2.75, 3.05) is 0 Å². The summed E-state index contributed by atoms with van der Waals surface area (Å²) < 4.78 is 3.98. The molecule has 0 aliphatic carbocycles. The Morgan fingerprint density at radius 3 is 2.28 bits per heavy atom. The van der Waals surface area contributed by atoms with Crippen LogP contribution in [0.4, 0.5) is 0 Å². The van der Waals surface area contributed by atoms with E-state index in [1.165, 1.54) is 0 Å². The van der Waals surface area contributed by atoms with E-state index >= 15 is 0 Å². The van der Waals surface area contributed by atoms with Crippen molar-refractivity contribution < 1.29 is 49.0 Å². The number of carbonyl (C=O) groups excluding carboxylic acids is 3. The van der Waals surface area contributed by atoms with Gasteiger partial charge in [0.25, 0.3) is 0 Å². The van der Waals surface area contributed by atoms with Gasteiger partial charge in [-0.05, 0) is 0 Å². The molecule has 1 rings (SSSR count). The van der Waals surface area contributed by atoms with Crippen molar-refractivity contribution in [1.82, 2.24) is 0 Å². The van der Waals surface area contributed by atoms with Gasteiger partial charge in [-0.25, -0.2) is 29.0 Å². The molecule has 0 fully saturated rings. The molecule has 1 aliphatic rings. The number of ether oxygens (including phenoxy) is 1. The number of aliphatic hydroxyl groups is 2. The number of esters is 1. The Hall–Kier alpha value is -2.46. The minimum absolute atomic E-state index is 0.405. The molecule has 0 saturated heterocycles. The lowest BCUT2D eigenvalue weighted by Crippen LogP contribution is -2.56. The predicted octanol–water partition coefficient (Wildman–Crippen LogP) is -2.77. The second-order valence-corrected chi connectivity index (χ2v) is 2.96. The number of carboxylic acids is 1. The Bertz CT molecular complexity index is 437. The molecule has 0 radical (unpaired) electrons. The average Bonchev–Trinajstić information content (AvgIpc) is 2.30. The van der Waals surface area contributed by atoms with Gasteiger partial charge in [0.2, 0.25) is 6.10 Å². The second-order valence-electron chi connectivity index (χ2n) is 2.96. The quantitative estimate of drug-likeness (QED) is 0.334. The first-order valence-corrected chi connectivity index (χ1v) is 4.24. The topological polar surface area (TPSA) is 157 Å². The van der Waals surface area contributed by atoms with Gasteiger partial charge >= 0.3 is 29.7 Å². The molecular formula is C8H6O10. The third-order valence-electron chi connectivity index (χ3n) is 1.72. The lowest BCUT2D eigenvalue weighted by Gasteiger charge is -2.25. The molecule has 2 unspecified atom stereocenters. The maximum atomic E-state index is 11.0. The van der Waals surface area contributed by atoms with Gasteiger partial charge in [-0.3, -0.25) is 0 Å². The predicted molar refractivity (Wildman–Crippen MR) is 46.0 cm³/mol. The monoisotopic (exact) mass is 262 g/mol. The van der Waals surface area contributed by atoms with Gasteiger partial charge in [0.05, 0.1) is 0 Å². The lowest BCUT2D eigenvalue weighted by molar-refractivity contribution is -0.284. The van der Waals surface area contributed by atoms with Gasteiger partial charge in [0.15, 0.2) is 0 Å². The molecule has 10 heteroatoms. The highest BCUT2D eigenvalue weighted by molar-refractivity contribution is 5.95. The Morgan fingerprint density at radius 1 is 1.17 bits per heavy atom. The third-order valence-corrected chi connectivity index (χ3v) is 1.72. The summed E-state index contributed by atoms with van der Waals surface area (Å²) in [7, 11) is 0. The van der Waals surface area contributed by atoms with Crippen LogP contribution in [-0.4, -0.2) is 51.1 Å². The highest BCUT2D eigenvalue weighted by atomic mass is 17.2. The first kappa shape index (κ1) is 13.6. The molecule has 1 aliphatic heterocycles. The number of carbonyl (C=O) groups is 4. The fourth-order valence-electron chi connectivity index (χ4n) is 0.855. The van der Waals surface area contributed by atoms with Crippen LogP contribution in [-0.2, 0) is 33.7 Å². The van der Waals surface area contributed by atoms with Gasteiger partial charge in [-0.1, -0.05) is 0 Å². The highest BCUT2D eigenvalue weighted by Crippen LogP contribution is 2.16. The van der Waals surface area contributed by atoms with Crippen LogP contribution in [0.25, 0.3) is 0 Å². The Balaban J connectivity index is 3.14. The van der Waals surface area contributed by atoms with E-state index in [2.05, 4.69) is 14.5 Å². The lowest BCUT2D eigenvalue weighted by atomic mass is 10.1. The van der Waals surface area contributed by atoms with Crippen molar-refractivity contribution in [2.45, 2.75) is 11.9 Å². The number of cyclic esters (lactones) is 1. The summed E-state index contributed by atoms with van der Waals surface area (Å²) in [6, 6.07) is 0. The van der Waals surface area contributed by atoms with Crippen LogP contribution < -0.4 is 0 Å². The van der Waals surface area contributed by atoms with E-state index in [0.29, 0.717) is 12.2 Å². The van der Waals surface area contributed by atoms with Crippen LogP contribution in [0, 0.1) is 0 Å². The molecule has 0 bridgehead atoms. The summed E-state index contributed by atoms with van der Waals surface area (Å²) in [5, 5.41) is 27.2. The third kappa shape index (κ3) is 2.61. The minimum Gasteiger partial charge on any atom is -0.476 e. The smallest absolute Gasteiger partial charge is 0.391 e. The standard InChI is InChI=1S/C8H6O10/c9-3-1-2-4(10)17-18-6(12)5(11)8(15,16-3)7(13)14/h1-2,5,11,15H,(H,13,14)/b2-1-. The second kappa shape index (κ2) is 4.81. The number of hydrogen-bond donors (Lipinski definition) is 3. The Kier molecular flexibility index (Phi) is 3.64. The van der Waals surface area contributed by atoms with Crippen LogP contribution in [0.1, 0.15) is 0 Å². The van der Waals surface area contributed by atoms with Crippen LogP contribution in [0.5, 0.6) is 0 Å². The number of hydrogen-bond acceptors (Lipinski definition) is 9. The molecule has 2 atom stereocenters. The van der Waals surface area contributed by atoms with Crippen LogP contribution >= 0.6 is 0 Å². The zero-order valence-corrected chi connectivity index (χ0v) is 8.43. The molecular weight excluding hydrogens is 256 g/mol. The Morgan fingerprint density at radius 2 is 1.72 bits per heavy atom. The molecule has 0 aromatic heterocycles. The van der Waals surface area contributed by atoms with E-state index in [0.717, 1.165) is 0 Å². The number of rotatable bonds is 1. The van der Waals surface area contributed by atoms with Crippen LogP contribution in [0.2, 0.25) is 0 Å². The SMILES string of the molecule is O=C1/C=C\C(=O)OC(O)(C(=O)O)C(O)C(=O)OO1. The number of aliphatic carboxylic acids is 1. The van der Waals surface area contributed by atoms with E-state index in [-0.39, 0.29) is 0 Å². The molecule has 0 aromatic rings. The molecule has 10 nitrogen and oxygen atoms in total. The van der Waals surface area contributed by atoms with Crippen molar-refractivity contribution in [3.8, 4) is 0 Å². The summed E-state index contributed by atoms with van der Waals surface area (Å²) in [5.41, 5.74) is 0. The highest BCUT2D eigenvalue weighted by Gasteiger charge is 2.53.